The van der Waals surface area contributed by atoms with Gasteiger partial charge in [0.1, 0.15) is 0 Å². The molecule has 4 rings (SSSR count). The summed E-state index contributed by atoms with van der Waals surface area (Å²) in [4.78, 5) is 0. The lowest BCUT2D eigenvalue weighted by Crippen LogP contribution is -2.23. The predicted molar refractivity (Wildman–Crippen MR) is 105 cm³/mol. The second-order valence-corrected chi connectivity index (χ2v) is 9.07. The maximum Gasteiger partial charge on any atom is 0.0191 e. The number of hydrogen-bond acceptors (Lipinski definition) is 0. The number of benzene rings is 2. The van der Waals surface area contributed by atoms with Crippen LogP contribution in [0.15, 0.2) is 57.0 Å². The van der Waals surface area contributed by atoms with Gasteiger partial charge in [-0.15, -0.1) is 0 Å². The SMILES string of the molecule is CC(C)(C1=CCCC1)C1c2cc(Br)ccc2-c2ccc(Br)cc21. The highest BCUT2D eigenvalue weighted by Gasteiger charge is 2.41. The lowest BCUT2D eigenvalue weighted by molar-refractivity contribution is 0.384. The quantitative estimate of drug-likeness (QED) is 0.432. The Morgan fingerprint density at radius 3 is 1.96 bits per heavy atom. The Kier molecular flexibility index (Phi) is 3.81. The number of hydrogen-bond donors (Lipinski definition) is 0. The van der Waals surface area contributed by atoms with Gasteiger partial charge in [-0.1, -0.05) is 69.5 Å². The first-order valence-corrected chi connectivity index (χ1v) is 9.86. The maximum absolute atomic E-state index is 3.68. The highest BCUT2D eigenvalue weighted by Crippen LogP contribution is 2.57. The van der Waals surface area contributed by atoms with Crippen LogP contribution >= 0.6 is 31.9 Å². The molecule has 2 aromatic carbocycles. The fourth-order valence-corrected chi connectivity index (χ4v) is 5.18. The molecule has 2 heteroatoms. The van der Waals surface area contributed by atoms with Crippen molar-refractivity contribution in [3.8, 4) is 11.1 Å². The molecule has 23 heavy (non-hydrogen) atoms. The molecule has 0 amide bonds. The van der Waals surface area contributed by atoms with E-state index < -0.39 is 0 Å². The Bertz CT molecular complexity index is 763. The van der Waals surface area contributed by atoms with Gasteiger partial charge in [-0.3, -0.25) is 0 Å². The second-order valence-electron chi connectivity index (χ2n) is 7.24. The molecule has 0 heterocycles. The Morgan fingerprint density at radius 1 is 0.913 bits per heavy atom. The first kappa shape index (κ1) is 15.7. The molecule has 0 nitrogen and oxygen atoms in total. The summed E-state index contributed by atoms with van der Waals surface area (Å²) in [5.41, 5.74) is 7.49. The molecule has 0 unspecified atom stereocenters. The van der Waals surface area contributed by atoms with E-state index >= 15 is 0 Å². The van der Waals surface area contributed by atoms with E-state index in [0.29, 0.717) is 5.92 Å². The van der Waals surface area contributed by atoms with Gasteiger partial charge in [-0.2, -0.15) is 0 Å². The molecule has 118 valence electrons. The molecule has 0 aliphatic heterocycles. The van der Waals surface area contributed by atoms with E-state index in [4.69, 9.17) is 0 Å². The van der Waals surface area contributed by atoms with E-state index in [1.165, 1.54) is 50.5 Å². The molecule has 0 N–H and O–H groups in total. The summed E-state index contributed by atoms with van der Waals surface area (Å²) in [5, 5.41) is 0. The van der Waals surface area contributed by atoms with E-state index in [1.54, 1.807) is 5.57 Å². The van der Waals surface area contributed by atoms with Crippen molar-refractivity contribution in [2.75, 3.05) is 0 Å². The molecule has 0 radical (unpaired) electrons. The smallest absolute Gasteiger partial charge is 0.0191 e. The molecule has 0 saturated carbocycles. The van der Waals surface area contributed by atoms with Gasteiger partial charge in [-0.05, 0) is 71.2 Å². The minimum absolute atomic E-state index is 0.151. The monoisotopic (exact) mass is 430 g/mol. The summed E-state index contributed by atoms with van der Waals surface area (Å²) in [6, 6.07) is 13.5. The van der Waals surface area contributed by atoms with Gasteiger partial charge in [0, 0.05) is 14.9 Å². The third kappa shape index (κ3) is 2.46. The lowest BCUT2D eigenvalue weighted by Gasteiger charge is -2.35. The van der Waals surface area contributed by atoms with E-state index in [-0.39, 0.29) is 5.41 Å². The zero-order valence-corrected chi connectivity index (χ0v) is 16.7. The van der Waals surface area contributed by atoms with Gasteiger partial charge in [0.05, 0.1) is 0 Å². The van der Waals surface area contributed by atoms with Gasteiger partial charge in [-0.25, -0.2) is 0 Å². The lowest BCUT2D eigenvalue weighted by atomic mass is 9.68. The molecule has 0 fully saturated rings. The standard InChI is InChI=1S/C21H20Br2/c1-21(2,13-5-3-4-6-13)20-18-11-14(22)7-9-16(18)17-10-8-15(23)12-19(17)20/h5,7-12,20H,3-4,6H2,1-2H3. The van der Waals surface area contributed by atoms with Gasteiger partial charge < -0.3 is 0 Å². The average Bonchev–Trinajstić information content (AvgIpc) is 3.12. The van der Waals surface area contributed by atoms with E-state index in [9.17, 15) is 0 Å². The first-order chi connectivity index (χ1) is 11.0. The highest BCUT2D eigenvalue weighted by atomic mass is 79.9. The van der Waals surface area contributed by atoms with Crippen LogP contribution in [-0.2, 0) is 0 Å². The van der Waals surface area contributed by atoms with Crippen molar-refractivity contribution in [3.63, 3.8) is 0 Å². The summed E-state index contributed by atoms with van der Waals surface area (Å²) < 4.78 is 2.34. The topological polar surface area (TPSA) is 0 Å². The fraction of sp³-hybridized carbons (Fsp3) is 0.333. The number of halogens is 2. The van der Waals surface area contributed by atoms with Crippen LogP contribution in [0.4, 0.5) is 0 Å². The van der Waals surface area contributed by atoms with E-state index in [2.05, 4.69) is 88.2 Å². The summed E-state index contributed by atoms with van der Waals surface area (Å²) in [6.45, 7) is 4.85. The second kappa shape index (κ2) is 5.60. The zero-order chi connectivity index (χ0) is 16.2. The third-order valence-electron chi connectivity index (χ3n) is 5.53. The minimum atomic E-state index is 0.151. The average molecular weight is 432 g/mol. The highest BCUT2D eigenvalue weighted by molar-refractivity contribution is 9.10. The van der Waals surface area contributed by atoms with Crippen molar-refractivity contribution >= 4 is 31.9 Å². The maximum atomic E-state index is 3.68. The van der Waals surface area contributed by atoms with Crippen molar-refractivity contribution in [3.05, 3.63) is 68.1 Å². The first-order valence-electron chi connectivity index (χ1n) is 8.27. The molecular formula is C21H20Br2. The number of fused-ring (bicyclic) bond motifs is 3. The van der Waals surface area contributed by atoms with Crippen molar-refractivity contribution in [1.29, 1.82) is 0 Å². The Hall–Kier alpha value is -0.860. The normalized spacial score (nSPS) is 17.1. The number of rotatable bonds is 2. The molecular weight excluding hydrogens is 412 g/mol. The molecule has 0 spiro atoms. The minimum Gasteiger partial charge on any atom is -0.0847 e. The van der Waals surface area contributed by atoms with Crippen molar-refractivity contribution < 1.29 is 0 Å². The third-order valence-corrected chi connectivity index (χ3v) is 6.52. The van der Waals surface area contributed by atoms with Crippen LogP contribution in [0, 0.1) is 5.41 Å². The van der Waals surface area contributed by atoms with Crippen LogP contribution in [-0.4, -0.2) is 0 Å². The van der Waals surface area contributed by atoms with Gasteiger partial charge in [0.15, 0.2) is 0 Å². The Morgan fingerprint density at radius 2 is 1.48 bits per heavy atom. The molecule has 2 aliphatic carbocycles. The van der Waals surface area contributed by atoms with Crippen LogP contribution in [0.25, 0.3) is 11.1 Å². The summed E-state index contributed by atoms with van der Waals surface area (Å²) in [5.74, 6) is 0.423. The summed E-state index contributed by atoms with van der Waals surface area (Å²) in [6.07, 6.45) is 6.27. The molecule has 0 saturated heterocycles. The zero-order valence-electron chi connectivity index (χ0n) is 13.5. The Balaban J connectivity index is 1.96. The van der Waals surface area contributed by atoms with E-state index in [1.807, 2.05) is 0 Å². The van der Waals surface area contributed by atoms with Crippen LogP contribution < -0.4 is 0 Å². The molecule has 2 aromatic rings. The molecule has 0 aromatic heterocycles. The van der Waals surface area contributed by atoms with Crippen LogP contribution in [0.1, 0.15) is 50.2 Å². The molecule has 2 aliphatic rings. The number of allylic oxidation sites excluding steroid dienone is 2. The van der Waals surface area contributed by atoms with Crippen LogP contribution in [0.2, 0.25) is 0 Å². The van der Waals surface area contributed by atoms with Crippen molar-refractivity contribution in [2.24, 2.45) is 5.41 Å². The summed E-state index contributed by atoms with van der Waals surface area (Å²) >= 11 is 7.36. The van der Waals surface area contributed by atoms with Gasteiger partial charge >= 0.3 is 0 Å². The van der Waals surface area contributed by atoms with Gasteiger partial charge in [0.25, 0.3) is 0 Å². The Labute approximate surface area is 155 Å². The summed E-state index contributed by atoms with van der Waals surface area (Å²) in [7, 11) is 0. The fourth-order valence-electron chi connectivity index (χ4n) is 4.42. The van der Waals surface area contributed by atoms with E-state index in [0.717, 1.165) is 0 Å². The van der Waals surface area contributed by atoms with Crippen molar-refractivity contribution in [1.82, 2.24) is 0 Å². The van der Waals surface area contributed by atoms with Crippen LogP contribution in [0.5, 0.6) is 0 Å². The largest absolute Gasteiger partial charge is 0.0847 e. The van der Waals surface area contributed by atoms with Crippen LogP contribution in [0.3, 0.4) is 0 Å². The predicted octanol–water partition coefficient (Wildman–Crippen LogP) is 7.46. The van der Waals surface area contributed by atoms with Gasteiger partial charge in [0.2, 0.25) is 0 Å². The van der Waals surface area contributed by atoms with Crippen molar-refractivity contribution in [2.45, 2.75) is 39.0 Å². The molecule has 0 atom stereocenters. The molecule has 0 bridgehead atoms.